The highest BCUT2D eigenvalue weighted by molar-refractivity contribution is 5.97. The summed E-state index contributed by atoms with van der Waals surface area (Å²) in [5.41, 5.74) is 3.64. The van der Waals surface area contributed by atoms with Gasteiger partial charge in [-0.05, 0) is 30.5 Å². The van der Waals surface area contributed by atoms with Gasteiger partial charge in [-0.15, -0.1) is 6.42 Å². The lowest BCUT2D eigenvalue weighted by Gasteiger charge is -2.22. The summed E-state index contributed by atoms with van der Waals surface area (Å²) in [4.78, 5) is 25.9. The Balaban J connectivity index is 1.56. The van der Waals surface area contributed by atoms with Crippen molar-refractivity contribution in [2.24, 2.45) is 5.92 Å². The van der Waals surface area contributed by atoms with Gasteiger partial charge in [-0.25, -0.2) is 0 Å². The Morgan fingerprint density at radius 1 is 1.40 bits per heavy atom. The van der Waals surface area contributed by atoms with Crippen molar-refractivity contribution in [3.05, 3.63) is 58.9 Å². The van der Waals surface area contributed by atoms with Crippen LogP contribution in [0.4, 0.5) is 0 Å². The molecule has 3 unspecified atom stereocenters. The van der Waals surface area contributed by atoms with E-state index in [2.05, 4.69) is 23.4 Å². The van der Waals surface area contributed by atoms with Crippen LogP contribution >= 0.6 is 0 Å². The highest BCUT2D eigenvalue weighted by atomic mass is 16.5. The molecule has 3 aliphatic rings. The van der Waals surface area contributed by atoms with Gasteiger partial charge in [-0.1, -0.05) is 30.2 Å². The lowest BCUT2D eigenvalue weighted by atomic mass is 9.97. The van der Waals surface area contributed by atoms with Crippen LogP contribution in [0.2, 0.25) is 0 Å². The van der Waals surface area contributed by atoms with E-state index in [9.17, 15) is 9.59 Å². The van der Waals surface area contributed by atoms with E-state index in [4.69, 9.17) is 11.2 Å². The Labute approximate surface area is 146 Å². The fourth-order valence-electron chi connectivity index (χ4n) is 3.83. The molecule has 2 amide bonds. The van der Waals surface area contributed by atoms with Crippen molar-refractivity contribution in [3.8, 4) is 12.3 Å². The molecule has 5 heteroatoms. The maximum atomic E-state index is 12.4. The molecule has 0 aromatic heterocycles. The van der Waals surface area contributed by atoms with Gasteiger partial charge in [0.05, 0.1) is 24.4 Å². The maximum absolute atomic E-state index is 12.4. The first-order valence-corrected chi connectivity index (χ1v) is 8.27. The van der Waals surface area contributed by atoms with Crippen LogP contribution in [0.25, 0.3) is 0 Å². The predicted octanol–water partition coefficient (Wildman–Crippen LogP) is 1.68. The first-order chi connectivity index (χ1) is 12.1. The molecular weight excluding hydrogens is 316 g/mol. The first-order valence-electron chi connectivity index (χ1n) is 8.27. The van der Waals surface area contributed by atoms with Gasteiger partial charge in [0.1, 0.15) is 0 Å². The number of fused-ring (bicyclic) bond motifs is 3. The SMILES string of the molecule is C#CCN1C(=O)C(C)=CC1O/C=C1/C(=O)NC2c3ccccc3CC12. The Kier molecular flexibility index (Phi) is 3.61. The Morgan fingerprint density at radius 2 is 2.20 bits per heavy atom. The van der Waals surface area contributed by atoms with Crippen LogP contribution in [-0.4, -0.2) is 29.5 Å². The van der Waals surface area contributed by atoms with Crippen LogP contribution < -0.4 is 5.32 Å². The highest BCUT2D eigenvalue weighted by Crippen LogP contribution is 2.44. The van der Waals surface area contributed by atoms with E-state index >= 15 is 0 Å². The maximum Gasteiger partial charge on any atom is 0.253 e. The van der Waals surface area contributed by atoms with Crippen LogP contribution in [0.5, 0.6) is 0 Å². The third kappa shape index (κ3) is 2.42. The average Bonchev–Trinajstić information content (AvgIpc) is 3.19. The van der Waals surface area contributed by atoms with Crippen molar-refractivity contribution in [2.45, 2.75) is 25.6 Å². The van der Waals surface area contributed by atoms with Gasteiger partial charge in [-0.3, -0.25) is 14.5 Å². The van der Waals surface area contributed by atoms with Gasteiger partial charge in [0.2, 0.25) is 0 Å². The lowest BCUT2D eigenvalue weighted by molar-refractivity contribution is -0.131. The van der Waals surface area contributed by atoms with Gasteiger partial charge in [0.25, 0.3) is 11.8 Å². The minimum Gasteiger partial charge on any atom is -0.474 e. The number of amides is 2. The van der Waals surface area contributed by atoms with Crippen molar-refractivity contribution in [1.29, 1.82) is 0 Å². The number of nitrogens with one attached hydrogen (secondary N) is 1. The average molecular weight is 334 g/mol. The molecule has 1 saturated heterocycles. The van der Waals surface area contributed by atoms with Crippen LogP contribution in [0.1, 0.15) is 24.1 Å². The van der Waals surface area contributed by atoms with Crippen LogP contribution in [-0.2, 0) is 20.7 Å². The van der Waals surface area contributed by atoms with Crippen LogP contribution in [0, 0.1) is 18.3 Å². The van der Waals surface area contributed by atoms with E-state index < -0.39 is 6.23 Å². The second-order valence-corrected chi connectivity index (χ2v) is 6.55. The number of benzene rings is 1. The van der Waals surface area contributed by atoms with E-state index in [0.717, 1.165) is 6.42 Å². The predicted molar refractivity (Wildman–Crippen MR) is 91.8 cm³/mol. The molecular formula is C20H18N2O3. The van der Waals surface area contributed by atoms with E-state index in [1.165, 1.54) is 22.3 Å². The number of ether oxygens (including phenoxy) is 1. The molecule has 4 rings (SSSR count). The summed E-state index contributed by atoms with van der Waals surface area (Å²) < 4.78 is 5.78. The van der Waals surface area contributed by atoms with Gasteiger partial charge < -0.3 is 10.1 Å². The molecule has 126 valence electrons. The number of carbonyl (C=O) groups is 2. The molecule has 0 saturated carbocycles. The Bertz CT molecular complexity index is 862. The molecule has 0 radical (unpaired) electrons. The zero-order valence-corrected chi connectivity index (χ0v) is 13.9. The molecule has 0 bridgehead atoms. The van der Waals surface area contributed by atoms with E-state index in [0.29, 0.717) is 11.1 Å². The number of nitrogens with zero attached hydrogens (tertiary/aromatic N) is 1. The standard InChI is InChI=1S/C20H18N2O3/c1-3-8-22-17(9-12(2)20(22)24)25-11-16-15-10-13-6-4-5-7-14(13)18(15)21-19(16)23/h1,4-7,9,11,15,17-18H,8,10H2,2H3,(H,21,23)/b16-11+. The molecule has 2 aliphatic heterocycles. The number of hydrogen-bond acceptors (Lipinski definition) is 3. The van der Waals surface area contributed by atoms with Crippen LogP contribution in [0.3, 0.4) is 0 Å². The number of terminal acetylenes is 1. The normalized spacial score (nSPS) is 28.5. The molecule has 2 heterocycles. The molecule has 3 atom stereocenters. The summed E-state index contributed by atoms with van der Waals surface area (Å²) in [5.74, 6) is 2.28. The van der Waals surface area contributed by atoms with Crippen molar-refractivity contribution in [1.82, 2.24) is 10.2 Å². The molecule has 1 aromatic carbocycles. The summed E-state index contributed by atoms with van der Waals surface area (Å²) >= 11 is 0. The van der Waals surface area contributed by atoms with Crippen molar-refractivity contribution in [3.63, 3.8) is 0 Å². The number of rotatable bonds is 3. The number of hydrogen-bond donors (Lipinski definition) is 1. The zero-order chi connectivity index (χ0) is 17.6. The van der Waals surface area contributed by atoms with Crippen LogP contribution in [0.15, 0.2) is 47.7 Å². The van der Waals surface area contributed by atoms with E-state index in [1.54, 1.807) is 13.0 Å². The van der Waals surface area contributed by atoms with Gasteiger partial charge >= 0.3 is 0 Å². The quantitative estimate of drug-likeness (QED) is 0.520. The van der Waals surface area contributed by atoms with Gasteiger partial charge in [-0.2, -0.15) is 0 Å². The molecule has 1 fully saturated rings. The zero-order valence-electron chi connectivity index (χ0n) is 13.9. The minimum absolute atomic E-state index is 0.00264. The fraction of sp³-hybridized carbons (Fsp3) is 0.300. The van der Waals surface area contributed by atoms with Crippen molar-refractivity contribution < 1.29 is 14.3 Å². The molecule has 0 spiro atoms. The monoisotopic (exact) mass is 334 g/mol. The lowest BCUT2D eigenvalue weighted by Crippen LogP contribution is -2.35. The largest absolute Gasteiger partial charge is 0.474 e. The molecule has 25 heavy (non-hydrogen) atoms. The topological polar surface area (TPSA) is 58.6 Å². The van der Waals surface area contributed by atoms with E-state index in [-0.39, 0.29) is 30.3 Å². The smallest absolute Gasteiger partial charge is 0.253 e. The molecule has 5 nitrogen and oxygen atoms in total. The third-order valence-electron chi connectivity index (χ3n) is 5.07. The summed E-state index contributed by atoms with van der Waals surface area (Å²) in [6, 6.07) is 8.15. The minimum atomic E-state index is -0.563. The summed E-state index contributed by atoms with van der Waals surface area (Å²) in [6.45, 7) is 1.90. The van der Waals surface area contributed by atoms with Gasteiger partial charge in [0, 0.05) is 11.5 Å². The summed E-state index contributed by atoms with van der Waals surface area (Å²) in [7, 11) is 0. The van der Waals surface area contributed by atoms with Crippen molar-refractivity contribution in [2.75, 3.05) is 6.54 Å². The second-order valence-electron chi connectivity index (χ2n) is 6.55. The highest BCUT2D eigenvalue weighted by Gasteiger charge is 2.44. The first kappa shape index (κ1) is 15.5. The number of carbonyl (C=O) groups excluding carboxylic acids is 2. The summed E-state index contributed by atoms with van der Waals surface area (Å²) in [6.07, 6.45) is 8.81. The van der Waals surface area contributed by atoms with E-state index in [1.807, 2.05) is 12.1 Å². The van der Waals surface area contributed by atoms with Crippen molar-refractivity contribution >= 4 is 11.8 Å². The van der Waals surface area contributed by atoms with Gasteiger partial charge in [0.15, 0.2) is 6.23 Å². The summed E-state index contributed by atoms with van der Waals surface area (Å²) in [5, 5.41) is 3.04. The Morgan fingerprint density at radius 3 is 3.00 bits per heavy atom. The molecule has 1 aliphatic carbocycles. The second kappa shape index (κ2) is 5.82. The molecule has 1 aromatic rings. The third-order valence-corrected chi connectivity index (χ3v) is 5.07. The Hall–Kier alpha value is -3.00. The molecule has 1 N–H and O–H groups in total. The fourth-order valence-corrected chi connectivity index (χ4v) is 3.83.